The van der Waals surface area contributed by atoms with Gasteiger partial charge in [-0.3, -0.25) is 0 Å². The van der Waals surface area contributed by atoms with E-state index in [1.807, 2.05) is 6.07 Å². The number of piperazine rings is 1. The number of hydrogen-bond acceptors (Lipinski definition) is 2. The summed E-state index contributed by atoms with van der Waals surface area (Å²) in [4.78, 5) is 2.38. The van der Waals surface area contributed by atoms with Gasteiger partial charge in [-0.25, -0.2) is 0 Å². The summed E-state index contributed by atoms with van der Waals surface area (Å²) in [6, 6.07) is 16.9. The second-order valence-electron chi connectivity index (χ2n) is 6.00. The van der Waals surface area contributed by atoms with Gasteiger partial charge >= 0.3 is 0 Å². The van der Waals surface area contributed by atoms with E-state index >= 15 is 0 Å². The van der Waals surface area contributed by atoms with Crippen molar-refractivity contribution >= 4 is 17.3 Å². The Bertz CT molecular complexity index is 626. The summed E-state index contributed by atoms with van der Waals surface area (Å²) in [5.41, 5.74) is 3.60. The highest BCUT2D eigenvalue weighted by atomic mass is 35.5. The van der Waals surface area contributed by atoms with Crippen LogP contribution in [0.4, 0.5) is 5.69 Å². The summed E-state index contributed by atoms with van der Waals surface area (Å²) in [6.45, 7) is 7.18. The van der Waals surface area contributed by atoms with E-state index in [1.165, 1.54) is 11.1 Å². The fourth-order valence-electron chi connectivity index (χ4n) is 3.06. The van der Waals surface area contributed by atoms with Crippen LogP contribution in [0, 0.1) is 6.92 Å². The molecular formula is C18H21ClN2. The molecule has 2 nitrogen and oxygen atoms in total. The number of halogens is 1. The van der Waals surface area contributed by atoms with Gasteiger partial charge in [0.2, 0.25) is 0 Å². The summed E-state index contributed by atoms with van der Waals surface area (Å²) < 4.78 is 0. The van der Waals surface area contributed by atoms with Crippen LogP contribution >= 0.6 is 11.6 Å². The van der Waals surface area contributed by atoms with Crippen molar-refractivity contribution in [2.75, 3.05) is 24.5 Å². The minimum atomic E-state index is -0.0479. The molecule has 2 aromatic rings. The zero-order valence-electron chi connectivity index (χ0n) is 12.6. The van der Waals surface area contributed by atoms with Gasteiger partial charge in [0.05, 0.1) is 16.2 Å². The van der Waals surface area contributed by atoms with Gasteiger partial charge < -0.3 is 10.2 Å². The SMILES string of the molecule is Cc1ccc(N2CCNC(C)(c3ccccc3)C2)c(Cl)c1. The minimum Gasteiger partial charge on any atom is -0.367 e. The predicted octanol–water partition coefficient (Wildman–Crippen LogP) is 3.97. The zero-order chi connectivity index (χ0) is 14.9. The molecule has 0 amide bonds. The molecule has 1 saturated heterocycles. The third-order valence-electron chi connectivity index (χ3n) is 4.26. The molecule has 1 unspecified atom stereocenters. The number of hydrogen-bond donors (Lipinski definition) is 1. The van der Waals surface area contributed by atoms with E-state index in [1.54, 1.807) is 0 Å². The highest BCUT2D eigenvalue weighted by molar-refractivity contribution is 6.33. The Balaban J connectivity index is 1.89. The Hall–Kier alpha value is -1.51. The van der Waals surface area contributed by atoms with E-state index in [4.69, 9.17) is 11.6 Å². The molecular weight excluding hydrogens is 280 g/mol. The molecule has 1 heterocycles. The van der Waals surface area contributed by atoms with Gasteiger partial charge in [0, 0.05) is 19.6 Å². The zero-order valence-corrected chi connectivity index (χ0v) is 13.3. The van der Waals surface area contributed by atoms with E-state index in [2.05, 4.69) is 66.5 Å². The highest BCUT2D eigenvalue weighted by Gasteiger charge is 2.32. The van der Waals surface area contributed by atoms with E-state index in [0.29, 0.717) is 0 Å². The lowest BCUT2D eigenvalue weighted by atomic mass is 9.89. The molecule has 0 aliphatic carbocycles. The molecule has 1 aliphatic heterocycles. The molecule has 21 heavy (non-hydrogen) atoms. The quantitative estimate of drug-likeness (QED) is 0.902. The van der Waals surface area contributed by atoms with Gasteiger partial charge in [-0.05, 0) is 37.1 Å². The van der Waals surface area contributed by atoms with Crippen molar-refractivity contribution in [3.05, 3.63) is 64.7 Å². The first-order valence-corrected chi connectivity index (χ1v) is 7.78. The predicted molar refractivity (Wildman–Crippen MR) is 90.2 cm³/mol. The van der Waals surface area contributed by atoms with Crippen LogP contribution in [0.2, 0.25) is 5.02 Å². The van der Waals surface area contributed by atoms with Crippen molar-refractivity contribution in [3.8, 4) is 0 Å². The first-order valence-electron chi connectivity index (χ1n) is 7.40. The normalized spacial score (nSPS) is 22.3. The number of rotatable bonds is 2. The average Bonchev–Trinajstić information content (AvgIpc) is 2.48. The molecule has 0 radical (unpaired) electrons. The number of aryl methyl sites for hydroxylation is 1. The van der Waals surface area contributed by atoms with Crippen LogP contribution in [0.15, 0.2) is 48.5 Å². The first kappa shape index (κ1) is 14.4. The summed E-state index contributed by atoms with van der Waals surface area (Å²) in [7, 11) is 0. The maximum absolute atomic E-state index is 6.44. The van der Waals surface area contributed by atoms with Crippen molar-refractivity contribution in [2.24, 2.45) is 0 Å². The van der Waals surface area contributed by atoms with E-state index in [9.17, 15) is 0 Å². The molecule has 1 N–H and O–H groups in total. The number of nitrogens with zero attached hydrogens (tertiary/aromatic N) is 1. The summed E-state index contributed by atoms with van der Waals surface area (Å²) in [5, 5.41) is 4.50. The topological polar surface area (TPSA) is 15.3 Å². The monoisotopic (exact) mass is 300 g/mol. The summed E-state index contributed by atoms with van der Waals surface area (Å²) in [5.74, 6) is 0. The lowest BCUT2D eigenvalue weighted by Gasteiger charge is -2.43. The van der Waals surface area contributed by atoms with Gasteiger partial charge in [-0.15, -0.1) is 0 Å². The molecule has 0 bridgehead atoms. The van der Waals surface area contributed by atoms with Crippen molar-refractivity contribution in [1.29, 1.82) is 0 Å². The maximum atomic E-state index is 6.44. The molecule has 1 aliphatic rings. The lowest BCUT2D eigenvalue weighted by molar-refractivity contribution is 0.332. The number of anilines is 1. The van der Waals surface area contributed by atoms with E-state index in [0.717, 1.165) is 30.3 Å². The van der Waals surface area contributed by atoms with Gasteiger partial charge in [-0.1, -0.05) is 48.0 Å². The molecule has 110 valence electrons. The molecule has 1 atom stereocenters. The minimum absolute atomic E-state index is 0.0479. The van der Waals surface area contributed by atoms with Crippen molar-refractivity contribution in [2.45, 2.75) is 19.4 Å². The standard InChI is InChI=1S/C18H21ClN2/c1-14-8-9-17(16(19)12-14)21-11-10-20-18(2,13-21)15-6-4-3-5-7-15/h3-9,12,20H,10-11,13H2,1-2H3. The molecule has 3 heteroatoms. The summed E-state index contributed by atoms with van der Waals surface area (Å²) >= 11 is 6.44. The Morgan fingerprint density at radius 1 is 1.14 bits per heavy atom. The van der Waals surface area contributed by atoms with Gasteiger partial charge in [0.15, 0.2) is 0 Å². The molecule has 0 saturated carbocycles. The number of benzene rings is 2. The highest BCUT2D eigenvalue weighted by Crippen LogP contribution is 2.32. The van der Waals surface area contributed by atoms with Crippen molar-refractivity contribution < 1.29 is 0 Å². The van der Waals surface area contributed by atoms with E-state index < -0.39 is 0 Å². The molecule has 0 spiro atoms. The van der Waals surface area contributed by atoms with Crippen LogP contribution in [-0.4, -0.2) is 19.6 Å². The Labute approximate surface area is 131 Å². The first-order chi connectivity index (χ1) is 10.1. The Kier molecular flexibility index (Phi) is 3.92. The molecule has 3 rings (SSSR count). The third-order valence-corrected chi connectivity index (χ3v) is 4.56. The fourth-order valence-corrected chi connectivity index (χ4v) is 3.41. The fraction of sp³-hybridized carbons (Fsp3) is 0.333. The maximum Gasteiger partial charge on any atom is 0.0642 e. The van der Waals surface area contributed by atoms with Crippen LogP contribution in [0.25, 0.3) is 0 Å². The average molecular weight is 301 g/mol. The van der Waals surface area contributed by atoms with Crippen LogP contribution in [0.5, 0.6) is 0 Å². The van der Waals surface area contributed by atoms with Crippen LogP contribution in [0.3, 0.4) is 0 Å². The van der Waals surface area contributed by atoms with Gasteiger partial charge in [-0.2, -0.15) is 0 Å². The number of nitrogens with one attached hydrogen (secondary N) is 1. The van der Waals surface area contributed by atoms with Gasteiger partial charge in [0.1, 0.15) is 0 Å². The largest absolute Gasteiger partial charge is 0.367 e. The van der Waals surface area contributed by atoms with Crippen LogP contribution in [0.1, 0.15) is 18.1 Å². The van der Waals surface area contributed by atoms with Crippen molar-refractivity contribution in [1.82, 2.24) is 5.32 Å². The Morgan fingerprint density at radius 2 is 1.90 bits per heavy atom. The van der Waals surface area contributed by atoms with Gasteiger partial charge in [0.25, 0.3) is 0 Å². The third kappa shape index (κ3) is 2.92. The molecule has 1 fully saturated rings. The summed E-state index contributed by atoms with van der Waals surface area (Å²) in [6.07, 6.45) is 0. The second kappa shape index (κ2) is 5.70. The van der Waals surface area contributed by atoms with Crippen LogP contribution < -0.4 is 10.2 Å². The Morgan fingerprint density at radius 3 is 2.62 bits per heavy atom. The van der Waals surface area contributed by atoms with Crippen molar-refractivity contribution in [3.63, 3.8) is 0 Å². The molecule has 2 aromatic carbocycles. The molecule has 0 aromatic heterocycles. The lowest BCUT2D eigenvalue weighted by Crippen LogP contribution is -2.56. The van der Waals surface area contributed by atoms with E-state index in [-0.39, 0.29) is 5.54 Å². The second-order valence-corrected chi connectivity index (χ2v) is 6.41. The smallest absolute Gasteiger partial charge is 0.0642 e. The van der Waals surface area contributed by atoms with Crippen LogP contribution in [-0.2, 0) is 5.54 Å².